The highest BCUT2D eigenvalue weighted by atomic mass is 15.1. The summed E-state index contributed by atoms with van der Waals surface area (Å²) in [4.78, 5) is 8.87. The van der Waals surface area contributed by atoms with Crippen LogP contribution in [0.2, 0.25) is 0 Å². The number of hydrogen-bond acceptors (Lipinski definition) is 2. The van der Waals surface area contributed by atoms with Crippen LogP contribution in [0.4, 0.5) is 0 Å². The minimum absolute atomic E-state index is 0.544. The zero-order chi connectivity index (χ0) is 15.4. The predicted octanol–water partition coefficient (Wildman–Crippen LogP) is 4.47. The van der Waals surface area contributed by atoms with Gasteiger partial charge in [0.2, 0.25) is 0 Å². The maximum absolute atomic E-state index is 4.72. The van der Waals surface area contributed by atoms with E-state index in [-0.39, 0.29) is 0 Å². The number of nitrogens with zero attached hydrogens (tertiary/aromatic N) is 3. The predicted molar refractivity (Wildman–Crippen MR) is 90.8 cm³/mol. The van der Waals surface area contributed by atoms with E-state index in [0.29, 0.717) is 5.41 Å². The molecule has 2 aromatic heterocycles. The van der Waals surface area contributed by atoms with E-state index in [1.165, 1.54) is 56.3 Å². The molecule has 0 aliphatic heterocycles. The summed E-state index contributed by atoms with van der Waals surface area (Å²) in [5.74, 6) is 4.15. The molecule has 2 aromatic rings. The first kappa shape index (κ1) is 13.8. The quantitative estimate of drug-likeness (QED) is 0.837. The van der Waals surface area contributed by atoms with E-state index in [9.17, 15) is 0 Å². The molecule has 0 radical (unpaired) electrons. The van der Waals surface area contributed by atoms with E-state index in [1.54, 1.807) is 0 Å². The van der Waals surface area contributed by atoms with Gasteiger partial charge in [-0.15, -0.1) is 0 Å². The molecule has 6 rings (SSSR count). The molecule has 4 aliphatic rings. The van der Waals surface area contributed by atoms with Gasteiger partial charge in [-0.25, -0.2) is 4.98 Å². The number of hydrogen-bond donors (Lipinski definition) is 0. The molecule has 3 heteroatoms. The molecule has 4 saturated carbocycles. The fraction of sp³-hybridized carbons (Fsp3) is 0.600. The smallest absolute Gasteiger partial charge is 0.140 e. The van der Waals surface area contributed by atoms with Crippen LogP contribution in [0.15, 0.2) is 30.7 Å². The van der Waals surface area contributed by atoms with Crippen molar-refractivity contribution in [3.63, 3.8) is 0 Å². The van der Waals surface area contributed by atoms with Gasteiger partial charge in [0.05, 0.1) is 0 Å². The second-order valence-electron chi connectivity index (χ2n) is 8.46. The Hall–Kier alpha value is -1.64. The normalized spacial score (nSPS) is 34.9. The highest BCUT2D eigenvalue weighted by Crippen LogP contribution is 2.60. The summed E-state index contributed by atoms with van der Waals surface area (Å²) < 4.78 is 2.49. The molecule has 0 unspecified atom stereocenters. The summed E-state index contributed by atoms with van der Waals surface area (Å²) >= 11 is 0. The zero-order valence-electron chi connectivity index (χ0n) is 13.9. The zero-order valence-corrected chi connectivity index (χ0v) is 13.9. The average molecular weight is 307 g/mol. The van der Waals surface area contributed by atoms with Crippen LogP contribution in [-0.4, -0.2) is 14.5 Å². The van der Waals surface area contributed by atoms with Crippen LogP contribution in [0.5, 0.6) is 0 Å². The van der Waals surface area contributed by atoms with E-state index >= 15 is 0 Å². The average Bonchev–Trinajstić information content (AvgIpc) is 2.87. The van der Waals surface area contributed by atoms with Crippen molar-refractivity contribution in [2.24, 2.45) is 23.2 Å². The fourth-order valence-corrected chi connectivity index (χ4v) is 6.21. The van der Waals surface area contributed by atoms with Crippen LogP contribution in [0, 0.1) is 30.1 Å². The van der Waals surface area contributed by atoms with Gasteiger partial charge in [-0.05, 0) is 80.8 Å². The van der Waals surface area contributed by atoms with E-state index < -0.39 is 0 Å². The second-order valence-corrected chi connectivity index (χ2v) is 8.46. The van der Waals surface area contributed by atoms with Gasteiger partial charge < -0.3 is 4.57 Å². The van der Waals surface area contributed by atoms with Crippen LogP contribution in [-0.2, 0) is 6.54 Å². The van der Waals surface area contributed by atoms with Gasteiger partial charge in [0, 0.05) is 36.4 Å². The van der Waals surface area contributed by atoms with Crippen molar-refractivity contribution in [3.05, 3.63) is 36.4 Å². The first-order chi connectivity index (χ1) is 11.2. The number of imidazole rings is 1. The Morgan fingerprint density at radius 2 is 1.65 bits per heavy atom. The minimum Gasteiger partial charge on any atom is -0.328 e. The van der Waals surface area contributed by atoms with Gasteiger partial charge >= 0.3 is 0 Å². The Morgan fingerprint density at radius 1 is 1.04 bits per heavy atom. The van der Waals surface area contributed by atoms with Gasteiger partial charge in [0.25, 0.3) is 0 Å². The molecule has 0 N–H and O–H groups in total. The van der Waals surface area contributed by atoms with Gasteiger partial charge in [0.1, 0.15) is 5.82 Å². The lowest BCUT2D eigenvalue weighted by molar-refractivity contribution is -0.0619. The molecule has 23 heavy (non-hydrogen) atoms. The van der Waals surface area contributed by atoms with Crippen LogP contribution in [0.25, 0.3) is 11.4 Å². The molecule has 0 atom stereocenters. The van der Waals surface area contributed by atoms with Crippen molar-refractivity contribution in [3.8, 4) is 11.4 Å². The summed E-state index contributed by atoms with van der Waals surface area (Å²) in [6.07, 6.45) is 14.7. The molecule has 0 aromatic carbocycles. The summed E-state index contributed by atoms with van der Waals surface area (Å²) in [5, 5.41) is 0. The fourth-order valence-electron chi connectivity index (χ4n) is 6.21. The molecule has 0 saturated heterocycles. The van der Waals surface area contributed by atoms with E-state index in [2.05, 4.69) is 28.6 Å². The third-order valence-electron chi connectivity index (χ3n) is 6.65. The van der Waals surface area contributed by atoms with Crippen molar-refractivity contribution in [1.82, 2.24) is 14.5 Å². The maximum Gasteiger partial charge on any atom is 0.140 e. The minimum atomic E-state index is 0.544. The summed E-state index contributed by atoms with van der Waals surface area (Å²) in [5.41, 5.74) is 3.03. The molecule has 3 nitrogen and oxygen atoms in total. The van der Waals surface area contributed by atoms with Gasteiger partial charge in [-0.3, -0.25) is 4.98 Å². The molecule has 120 valence electrons. The topological polar surface area (TPSA) is 30.7 Å². The Balaban J connectivity index is 1.50. The van der Waals surface area contributed by atoms with E-state index in [4.69, 9.17) is 4.98 Å². The molecule has 0 amide bonds. The molecule has 0 spiro atoms. The lowest BCUT2D eigenvalue weighted by atomic mass is 9.49. The summed E-state index contributed by atoms with van der Waals surface area (Å²) in [6.45, 7) is 3.37. The number of aromatic nitrogens is 3. The molecular formula is C20H25N3. The molecule has 2 heterocycles. The third-order valence-corrected chi connectivity index (χ3v) is 6.65. The Bertz CT molecular complexity index is 680. The monoisotopic (exact) mass is 307 g/mol. The van der Waals surface area contributed by atoms with Gasteiger partial charge in [0.15, 0.2) is 0 Å². The number of pyridine rings is 1. The second kappa shape index (κ2) is 4.93. The first-order valence-electron chi connectivity index (χ1n) is 9.13. The Morgan fingerprint density at radius 3 is 2.26 bits per heavy atom. The number of rotatable bonds is 3. The van der Waals surface area contributed by atoms with E-state index in [0.717, 1.165) is 23.6 Å². The molecule has 4 bridgehead atoms. The lowest BCUT2D eigenvalue weighted by Crippen LogP contribution is -2.48. The maximum atomic E-state index is 4.72. The van der Waals surface area contributed by atoms with Crippen molar-refractivity contribution < 1.29 is 0 Å². The first-order valence-corrected chi connectivity index (χ1v) is 9.13. The van der Waals surface area contributed by atoms with Gasteiger partial charge in [-0.2, -0.15) is 0 Å². The van der Waals surface area contributed by atoms with Crippen LogP contribution in [0.3, 0.4) is 0 Å². The van der Waals surface area contributed by atoms with Crippen LogP contribution >= 0.6 is 0 Å². The molecule has 4 aliphatic carbocycles. The summed E-state index contributed by atoms with van der Waals surface area (Å²) in [6, 6.07) is 4.16. The van der Waals surface area contributed by atoms with Gasteiger partial charge in [-0.1, -0.05) is 0 Å². The Kier molecular flexibility index (Phi) is 2.95. The summed E-state index contributed by atoms with van der Waals surface area (Å²) in [7, 11) is 0. The van der Waals surface area contributed by atoms with Crippen LogP contribution < -0.4 is 0 Å². The van der Waals surface area contributed by atoms with E-state index in [1.807, 2.05) is 18.6 Å². The van der Waals surface area contributed by atoms with Crippen molar-refractivity contribution in [2.75, 3.05) is 0 Å². The lowest BCUT2D eigenvalue weighted by Gasteiger charge is -2.57. The SMILES string of the molecule is Cc1cnc(-c2ccncc2)n1CC12CC3CC(CC(C3)C1)C2. The molecule has 4 fully saturated rings. The largest absolute Gasteiger partial charge is 0.328 e. The van der Waals surface area contributed by atoms with Crippen LogP contribution in [0.1, 0.15) is 44.2 Å². The standard InChI is InChI=1S/C20H25N3/c1-14-12-22-19(18-2-4-21-5-3-18)23(14)13-20-9-15-6-16(10-20)8-17(7-15)11-20/h2-5,12,15-17H,6-11,13H2,1H3. The van der Waals surface area contributed by atoms with Crippen molar-refractivity contribution in [2.45, 2.75) is 52.0 Å². The Labute approximate surface area is 138 Å². The molecular weight excluding hydrogens is 282 g/mol. The van der Waals surface area contributed by atoms with Crippen molar-refractivity contribution in [1.29, 1.82) is 0 Å². The highest BCUT2D eigenvalue weighted by Gasteiger charge is 2.51. The number of aryl methyl sites for hydroxylation is 1. The third kappa shape index (κ3) is 2.24. The highest BCUT2D eigenvalue weighted by molar-refractivity contribution is 5.55. The van der Waals surface area contributed by atoms with Crippen molar-refractivity contribution >= 4 is 0 Å².